The minimum atomic E-state index is -2.83. The van der Waals surface area contributed by atoms with Gasteiger partial charge in [0.25, 0.3) is 12.0 Å². The van der Waals surface area contributed by atoms with Crippen LogP contribution in [0.4, 0.5) is 8.78 Å². The van der Waals surface area contributed by atoms with Crippen molar-refractivity contribution in [3.05, 3.63) is 39.8 Å². The second-order valence-corrected chi connectivity index (χ2v) is 3.29. The highest BCUT2D eigenvalue weighted by atomic mass is 19.3. The largest absolute Gasteiger partial charge is 0.392 e. The summed E-state index contributed by atoms with van der Waals surface area (Å²) in [7, 11) is 0. The number of pyridine rings is 2. The predicted octanol–water partition coefficient (Wildman–Crippen LogP) is 1.35. The molecule has 0 aliphatic carbocycles. The minimum absolute atomic E-state index is 0.221. The van der Waals surface area contributed by atoms with Crippen molar-refractivity contribution in [2.24, 2.45) is 0 Å². The summed E-state index contributed by atoms with van der Waals surface area (Å²) < 4.78 is 24.8. The standard InChI is InChI=1S/C10H8F2N2O2/c11-9(12)6-2-7-8(14-10(6)16)1-5(4-15)3-13-7/h1-3,9,15H,4H2,(H,14,16). The lowest BCUT2D eigenvalue weighted by Crippen LogP contribution is -2.13. The highest BCUT2D eigenvalue weighted by Crippen LogP contribution is 2.18. The van der Waals surface area contributed by atoms with Crippen molar-refractivity contribution in [3.8, 4) is 0 Å². The Morgan fingerprint density at radius 3 is 2.81 bits per heavy atom. The molecule has 0 radical (unpaired) electrons. The van der Waals surface area contributed by atoms with Crippen molar-refractivity contribution in [3.63, 3.8) is 0 Å². The zero-order chi connectivity index (χ0) is 11.7. The molecule has 0 saturated heterocycles. The molecule has 0 unspecified atom stereocenters. The van der Waals surface area contributed by atoms with Crippen molar-refractivity contribution in [1.29, 1.82) is 0 Å². The van der Waals surface area contributed by atoms with Crippen LogP contribution in [0, 0.1) is 0 Å². The van der Waals surface area contributed by atoms with Gasteiger partial charge in [0.15, 0.2) is 0 Å². The van der Waals surface area contributed by atoms with Gasteiger partial charge in [0.2, 0.25) is 0 Å². The summed E-state index contributed by atoms with van der Waals surface area (Å²) in [6, 6.07) is 2.55. The Hall–Kier alpha value is -1.82. The summed E-state index contributed by atoms with van der Waals surface area (Å²) in [5.41, 5.74) is -0.322. The zero-order valence-electron chi connectivity index (χ0n) is 8.08. The van der Waals surface area contributed by atoms with Crippen LogP contribution in [0.15, 0.2) is 23.1 Å². The van der Waals surface area contributed by atoms with E-state index < -0.39 is 17.5 Å². The lowest BCUT2D eigenvalue weighted by molar-refractivity contribution is 0.150. The maximum atomic E-state index is 12.4. The van der Waals surface area contributed by atoms with Gasteiger partial charge in [-0.1, -0.05) is 0 Å². The quantitative estimate of drug-likeness (QED) is 0.812. The Labute approximate surface area is 88.6 Å². The van der Waals surface area contributed by atoms with Crippen molar-refractivity contribution >= 4 is 11.0 Å². The molecule has 0 bridgehead atoms. The van der Waals surface area contributed by atoms with E-state index >= 15 is 0 Å². The van der Waals surface area contributed by atoms with E-state index in [-0.39, 0.29) is 12.1 Å². The molecule has 0 saturated carbocycles. The Bertz CT molecular complexity index is 581. The number of halogens is 2. The number of aliphatic hydroxyl groups is 1. The first-order valence-corrected chi connectivity index (χ1v) is 4.52. The zero-order valence-corrected chi connectivity index (χ0v) is 8.08. The SMILES string of the molecule is O=c1[nH]c2cc(CO)cnc2cc1C(F)F. The number of hydrogen-bond acceptors (Lipinski definition) is 3. The van der Waals surface area contributed by atoms with E-state index in [1.54, 1.807) is 0 Å². The van der Waals surface area contributed by atoms with Gasteiger partial charge in [-0.15, -0.1) is 0 Å². The van der Waals surface area contributed by atoms with Crippen LogP contribution in [0.1, 0.15) is 17.6 Å². The van der Waals surface area contributed by atoms with Gasteiger partial charge >= 0.3 is 0 Å². The van der Waals surface area contributed by atoms with Gasteiger partial charge < -0.3 is 10.1 Å². The van der Waals surface area contributed by atoms with E-state index in [0.29, 0.717) is 11.1 Å². The molecule has 0 aliphatic heterocycles. The lowest BCUT2D eigenvalue weighted by Gasteiger charge is -2.02. The first-order chi connectivity index (χ1) is 7.61. The summed E-state index contributed by atoms with van der Waals surface area (Å²) in [6.07, 6.45) is -1.46. The fraction of sp³-hybridized carbons (Fsp3) is 0.200. The number of H-pyrrole nitrogens is 1. The molecule has 0 aliphatic rings. The molecule has 0 aromatic carbocycles. The van der Waals surface area contributed by atoms with E-state index in [1.807, 2.05) is 0 Å². The number of hydrogen-bond donors (Lipinski definition) is 2. The number of nitrogens with zero attached hydrogens (tertiary/aromatic N) is 1. The Morgan fingerprint density at radius 2 is 2.19 bits per heavy atom. The highest BCUT2D eigenvalue weighted by Gasteiger charge is 2.13. The molecular formula is C10H8F2N2O2. The molecule has 0 spiro atoms. The van der Waals surface area contributed by atoms with Crippen molar-refractivity contribution in [1.82, 2.24) is 9.97 Å². The second-order valence-electron chi connectivity index (χ2n) is 3.29. The number of aromatic nitrogens is 2. The van der Waals surface area contributed by atoms with Gasteiger partial charge in [-0.25, -0.2) is 8.78 Å². The van der Waals surface area contributed by atoms with Gasteiger partial charge in [-0.05, 0) is 17.7 Å². The molecule has 0 amide bonds. The fourth-order valence-corrected chi connectivity index (χ4v) is 1.39. The van der Waals surface area contributed by atoms with Crippen molar-refractivity contribution in [2.45, 2.75) is 13.0 Å². The van der Waals surface area contributed by atoms with Crippen LogP contribution < -0.4 is 5.56 Å². The number of rotatable bonds is 2. The van der Waals surface area contributed by atoms with E-state index in [1.165, 1.54) is 12.3 Å². The summed E-state index contributed by atoms with van der Waals surface area (Å²) in [4.78, 5) is 17.4. The Balaban J connectivity index is 2.69. The molecule has 0 fully saturated rings. The summed E-state index contributed by atoms with van der Waals surface area (Å²) >= 11 is 0. The molecule has 4 nitrogen and oxygen atoms in total. The molecule has 0 atom stereocenters. The van der Waals surface area contributed by atoms with Gasteiger partial charge in [0.1, 0.15) is 0 Å². The molecule has 2 N–H and O–H groups in total. The van der Waals surface area contributed by atoms with Crippen LogP contribution in [0.2, 0.25) is 0 Å². The second kappa shape index (κ2) is 3.97. The maximum Gasteiger partial charge on any atom is 0.269 e. The average molecular weight is 226 g/mol. The van der Waals surface area contributed by atoms with Gasteiger partial charge in [0, 0.05) is 6.20 Å². The Morgan fingerprint density at radius 1 is 1.44 bits per heavy atom. The number of fused-ring (bicyclic) bond motifs is 1. The van der Waals surface area contributed by atoms with Crippen LogP contribution in [0.5, 0.6) is 0 Å². The van der Waals surface area contributed by atoms with E-state index in [2.05, 4.69) is 9.97 Å². The van der Waals surface area contributed by atoms with Crippen molar-refractivity contribution in [2.75, 3.05) is 0 Å². The third kappa shape index (κ3) is 1.79. The maximum absolute atomic E-state index is 12.4. The molecule has 6 heteroatoms. The molecule has 2 rings (SSSR count). The number of nitrogens with one attached hydrogen (secondary N) is 1. The first-order valence-electron chi connectivity index (χ1n) is 4.52. The van der Waals surface area contributed by atoms with Crippen LogP contribution in [0.25, 0.3) is 11.0 Å². The van der Waals surface area contributed by atoms with E-state index in [4.69, 9.17) is 5.11 Å². The monoisotopic (exact) mass is 226 g/mol. The first kappa shape index (κ1) is 10.7. The summed E-state index contributed by atoms with van der Waals surface area (Å²) in [6.45, 7) is -0.221. The molecule has 84 valence electrons. The summed E-state index contributed by atoms with van der Waals surface area (Å²) in [5, 5.41) is 8.86. The van der Waals surface area contributed by atoms with Gasteiger partial charge in [0.05, 0.1) is 23.2 Å². The topological polar surface area (TPSA) is 66.0 Å². The smallest absolute Gasteiger partial charge is 0.269 e. The highest BCUT2D eigenvalue weighted by molar-refractivity contribution is 5.74. The predicted molar refractivity (Wildman–Crippen MR) is 53.2 cm³/mol. The average Bonchev–Trinajstić information content (AvgIpc) is 2.27. The number of aromatic amines is 1. The molecule has 2 heterocycles. The van der Waals surface area contributed by atoms with Crippen molar-refractivity contribution < 1.29 is 13.9 Å². The fourth-order valence-electron chi connectivity index (χ4n) is 1.39. The number of aliphatic hydroxyl groups excluding tert-OH is 1. The van der Waals surface area contributed by atoms with Crippen LogP contribution in [0.3, 0.4) is 0 Å². The third-order valence-electron chi connectivity index (χ3n) is 2.20. The molecule has 2 aromatic rings. The van der Waals surface area contributed by atoms with Crippen LogP contribution in [-0.2, 0) is 6.61 Å². The van der Waals surface area contributed by atoms with Crippen LogP contribution in [-0.4, -0.2) is 15.1 Å². The normalized spacial score (nSPS) is 11.2. The third-order valence-corrected chi connectivity index (χ3v) is 2.20. The lowest BCUT2D eigenvalue weighted by atomic mass is 10.2. The van der Waals surface area contributed by atoms with Gasteiger partial charge in [-0.2, -0.15) is 0 Å². The van der Waals surface area contributed by atoms with E-state index in [0.717, 1.165) is 6.07 Å². The minimum Gasteiger partial charge on any atom is -0.392 e. The van der Waals surface area contributed by atoms with Gasteiger partial charge in [-0.3, -0.25) is 9.78 Å². The Kier molecular flexibility index (Phi) is 2.66. The number of alkyl halides is 2. The summed E-state index contributed by atoms with van der Waals surface area (Å²) in [5.74, 6) is 0. The van der Waals surface area contributed by atoms with E-state index in [9.17, 15) is 13.6 Å². The molecular weight excluding hydrogens is 218 g/mol. The van der Waals surface area contributed by atoms with Crippen LogP contribution >= 0.6 is 0 Å². The molecule has 2 aromatic heterocycles. The molecule has 16 heavy (non-hydrogen) atoms.